The minimum Gasteiger partial charge on any atom is -0.462 e. The van der Waals surface area contributed by atoms with Gasteiger partial charge in [0.05, 0.1) is 12.2 Å². The number of halogens is 1. The Bertz CT molecular complexity index is 562. The number of anilines is 1. The van der Waals surface area contributed by atoms with E-state index >= 15 is 0 Å². The van der Waals surface area contributed by atoms with E-state index in [0.29, 0.717) is 11.3 Å². The summed E-state index contributed by atoms with van der Waals surface area (Å²) in [4.78, 5) is 14.3. The Labute approximate surface area is 127 Å². The van der Waals surface area contributed by atoms with Crippen LogP contribution in [0.5, 0.6) is 0 Å². The highest BCUT2D eigenvalue weighted by Crippen LogP contribution is 2.33. The molecule has 114 valence electrons. The molecule has 1 aliphatic rings. The Kier molecular flexibility index (Phi) is 4.41. The lowest BCUT2D eigenvalue weighted by Gasteiger charge is -2.46. The number of aliphatic hydroxyl groups excluding tert-OH is 1. The Morgan fingerprint density at radius 1 is 1.52 bits per heavy atom. The molecule has 7 heteroatoms. The van der Waals surface area contributed by atoms with Crippen LogP contribution in [0.2, 0.25) is 0 Å². The average molecular weight is 313 g/mol. The predicted molar refractivity (Wildman–Crippen MR) is 78.6 cm³/mol. The quantitative estimate of drug-likeness (QED) is 0.498. The Morgan fingerprint density at radius 3 is 2.90 bits per heavy atom. The number of carbonyl (C=O) groups is 1. The second-order valence-corrected chi connectivity index (χ2v) is 5.07. The molecule has 1 aliphatic heterocycles. The number of nitrogens with zero attached hydrogens (tertiary/aromatic N) is 2. The molecular weight excluding hydrogens is 296 g/mol. The van der Waals surface area contributed by atoms with Crippen LogP contribution in [0.15, 0.2) is 36.5 Å². The fourth-order valence-corrected chi connectivity index (χ4v) is 2.29. The highest BCUT2D eigenvalue weighted by molar-refractivity contribution is 6.23. The molecule has 0 aromatic heterocycles. The molecule has 2 N–H and O–H groups in total. The second kappa shape index (κ2) is 5.93. The van der Waals surface area contributed by atoms with E-state index < -0.39 is 17.5 Å². The third kappa shape index (κ3) is 2.97. The normalized spacial score (nSPS) is 25.1. The maximum absolute atomic E-state index is 11.8. The molecule has 0 fully saturated rings. The SMILES string of the molecule is CCOC(=O)c1cccc(N2C(O)C=CN(C)C2(O)Cl)c1. The molecule has 0 aliphatic carbocycles. The molecule has 1 heterocycles. The molecule has 0 saturated heterocycles. The fraction of sp³-hybridized carbons (Fsp3) is 0.357. The second-order valence-electron chi connectivity index (χ2n) is 4.56. The van der Waals surface area contributed by atoms with Crippen molar-refractivity contribution in [2.75, 3.05) is 18.6 Å². The summed E-state index contributed by atoms with van der Waals surface area (Å²) < 4.78 is 4.93. The van der Waals surface area contributed by atoms with Gasteiger partial charge in [0, 0.05) is 18.9 Å². The van der Waals surface area contributed by atoms with Crippen molar-refractivity contribution in [1.29, 1.82) is 0 Å². The minimum atomic E-state index is -1.94. The summed E-state index contributed by atoms with van der Waals surface area (Å²) in [5, 5.41) is 18.5. The van der Waals surface area contributed by atoms with Gasteiger partial charge < -0.3 is 19.8 Å². The number of benzene rings is 1. The van der Waals surface area contributed by atoms with Crippen LogP contribution in [0.25, 0.3) is 0 Å². The van der Waals surface area contributed by atoms with Crippen molar-refractivity contribution in [2.24, 2.45) is 0 Å². The highest BCUT2D eigenvalue weighted by atomic mass is 35.5. The average Bonchev–Trinajstić information content (AvgIpc) is 2.44. The predicted octanol–water partition coefficient (Wildman–Crippen LogP) is 1.29. The maximum atomic E-state index is 11.8. The fourth-order valence-electron chi connectivity index (χ4n) is 2.04. The summed E-state index contributed by atoms with van der Waals surface area (Å²) in [6.07, 6.45) is 1.82. The monoisotopic (exact) mass is 312 g/mol. The van der Waals surface area contributed by atoms with Crippen LogP contribution >= 0.6 is 11.6 Å². The molecule has 2 atom stereocenters. The van der Waals surface area contributed by atoms with Crippen molar-refractivity contribution in [1.82, 2.24) is 4.90 Å². The summed E-state index contributed by atoms with van der Waals surface area (Å²) in [6.45, 7) is 1.98. The van der Waals surface area contributed by atoms with Gasteiger partial charge in [-0.05, 0) is 42.8 Å². The topological polar surface area (TPSA) is 73.2 Å². The molecule has 6 nitrogen and oxygen atoms in total. The molecule has 0 amide bonds. The van der Waals surface area contributed by atoms with E-state index in [0.717, 1.165) is 0 Å². The molecule has 2 rings (SSSR count). The number of rotatable bonds is 3. The smallest absolute Gasteiger partial charge is 0.338 e. The number of alkyl halides is 1. The van der Waals surface area contributed by atoms with Crippen LogP contribution in [0.3, 0.4) is 0 Å². The zero-order valence-electron chi connectivity index (χ0n) is 11.7. The van der Waals surface area contributed by atoms with Crippen molar-refractivity contribution in [2.45, 2.75) is 18.5 Å². The van der Waals surface area contributed by atoms with Crippen LogP contribution in [-0.4, -0.2) is 46.3 Å². The van der Waals surface area contributed by atoms with Crippen molar-refractivity contribution in [3.63, 3.8) is 0 Å². The Balaban J connectivity index is 2.39. The van der Waals surface area contributed by atoms with E-state index in [2.05, 4.69) is 0 Å². The van der Waals surface area contributed by atoms with Gasteiger partial charge in [0.1, 0.15) is 0 Å². The minimum absolute atomic E-state index is 0.264. The first-order valence-corrected chi connectivity index (χ1v) is 6.83. The maximum Gasteiger partial charge on any atom is 0.338 e. The first-order chi connectivity index (χ1) is 9.87. The van der Waals surface area contributed by atoms with E-state index in [1.165, 1.54) is 28.1 Å². The first-order valence-electron chi connectivity index (χ1n) is 6.45. The molecule has 1 aromatic rings. The van der Waals surface area contributed by atoms with Crippen molar-refractivity contribution in [3.05, 3.63) is 42.1 Å². The van der Waals surface area contributed by atoms with Crippen LogP contribution < -0.4 is 4.90 Å². The number of esters is 1. The molecule has 0 saturated carbocycles. The Morgan fingerprint density at radius 2 is 2.24 bits per heavy atom. The van der Waals surface area contributed by atoms with Crippen LogP contribution in [-0.2, 0) is 4.74 Å². The third-order valence-electron chi connectivity index (χ3n) is 3.14. The van der Waals surface area contributed by atoms with Gasteiger partial charge in [-0.15, -0.1) is 0 Å². The van der Waals surface area contributed by atoms with Gasteiger partial charge in [0.25, 0.3) is 0 Å². The lowest BCUT2D eigenvalue weighted by atomic mass is 10.1. The number of hydrogen-bond acceptors (Lipinski definition) is 6. The van der Waals surface area contributed by atoms with Crippen molar-refractivity contribution < 1.29 is 19.7 Å². The van der Waals surface area contributed by atoms with Gasteiger partial charge in [-0.3, -0.25) is 4.90 Å². The molecular formula is C14H17ClN2O4. The van der Waals surface area contributed by atoms with Crippen LogP contribution in [0, 0.1) is 0 Å². The van der Waals surface area contributed by atoms with Crippen molar-refractivity contribution >= 4 is 23.3 Å². The summed E-state index contributed by atoms with van der Waals surface area (Å²) >= 11 is 6.09. The van der Waals surface area contributed by atoms with Gasteiger partial charge in [0.15, 0.2) is 6.23 Å². The number of aliphatic hydroxyl groups is 2. The lowest BCUT2D eigenvalue weighted by Crippen LogP contribution is -2.60. The van der Waals surface area contributed by atoms with E-state index in [4.69, 9.17) is 16.3 Å². The highest BCUT2D eigenvalue weighted by Gasteiger charge is 2.42. The van der Waals surface area contributed by atoms with Gasteiger partial charge in [0.2, 0.25) is 0 Å². The van der Waals surface area contributed by atoms with E-state index in [1.54, 1.807) is 32.2 Å². The molecule has 0 spiro atoms. The molecule has 1 aromatic carbocycles. The van der Waals surface area contributed by atoms with Gasteiger partial charge in [-0.25, -0.2) is 4.79 Å². The summed E-state index contributed by atoms with van der Waals surface area (Å²) in [5.74, 6) is -0.479. The third-order valence-corrected chi connectivity index (χ3v) is 3.59. The van der Waals surface area contributed by atoms with Gasteiger partial charge in [-0.1, -0.05) is 6.07 Å². The van der Waals surface area contributed by atoms with E-state index in [9.17, 15) is 15.0 Å². The summed E-state index contributed by atoms with van der Waals surface area (Å²) in [7, 11) is 1.57. The molecule has 2 unspecified atom stereocenters. The summed E-state index contributed by atoms with van der Waals surface area (Å²) in [6, 6.07) is 6.35. The molecule has 0 radical (unpaired) electrons. The number of hydrogen-bond donors (Lipinski definition) is 2. The van der Waals surface area contributed by atoms with Gasteiger partial charge in [-0.2, -0.15) is 0 Å². The van der Waals surface area contributed by atoms with E-state index in [1.807, 2.05) is 0 Å². The zero-order chi connectivity index (χ0) is 15.6. The number of ether oxygens (including phenoxy) is 1. The Hall–Kier alpha value is -1.76. The first kappa shape index (κ1) is 15.6. The summed E-state index contributed by atoms with van der Waals surface area (Å²) in [5.41, 5.74) is 0.702. The molecule has 21 heavy (non-hydrogen) atoms. The lowest BCUT2D eigenvalue weighted by molar-refractivity contribution is -0.0290. The largest absolute Gasteiger partial charge is 0.462 e. The van der Waals surface area contributed by atoms with Crippen LogP contribution in [0.1, 0.15) is 17.3 Å². The van der Waals surface area contributed by atoms with Crippen LogP contribution in [0.4, 0.5) is 5.69 Å². The van der Waals surface area contributed by atoms with Crippen molar-refractivity contribution in [3.8, 4) is 0 Å². The standard InChI is InChI=1S/C14H17ClN2O4/c1-3-21-13(19)10-5-4-6-11(9-10)17-12(18)7-8-16(2)14(17,15)20/h4-9,12,18,20H,3H2,1-2H3. The van der Waals surface area contributed by atoms with E-state index in [-0.39, 0.29) is 6.61 Å². The van der Waals surface area contributed by atoms with Gasteiger partial charge >= 0.3 is 11.3 Å². The molecule has 0 bridgehead atoms. The number of carbonyl (C=O) groups excluding carboxylic acids is 1. The zero-order valence-corrected chi connectivity index (χ0v) is 12.5.